The first-order chi connectivity index (χ1) is 9.56. The van der Waals surface area contributed by atoms with Crippen LogP contribution in [0.25, 0.3) is 0 Å². The molecule has 5 nitrogen and oxygen atoms in total. The number of hydrogen-bond donors (Lipinski definition) is 2. The van der Waals surface area contributed by atoms with Crippen molar-refractivity contribution < 1.29 is 14.0 Å². The molecule has 2 amide bonds. The third-order valence-corrected chi connectivity index (χ3v) is 2.79. The van der Waals surface area contributed by atoms with Gasteiger partial charge in [0.25, 0.3) is 5.91 Å². The van der Waals surface area contributed by atoms with Gasteiger partial charge in [-0.3, -0.25) is 9.59 Å². The van der Waals surface area contributed by atoms with Crippen LogP contribution >= 0.6 is 0 Å². The van der Waals surface area contributed by atoms with Gasteiger partial charge in [0.05, 0.1) is 12.3 Å². The minimum Gasteiger partial charge on any atom is -0.467 e. The van der Waals surface area contributed by atoms with Crippen LogP contribution in [0, 0.1) is 0 Å². The average molecular weight is 272 g/mol. The number of carbonyl (C=O) groups is 2. The maximum Gasteiger partial charge on any atom is 0.251 e. The molecule has 1 heterocycles. The molecule has 0 radical (unpaired) electrons. The van der Waals surface area contributed by atoms with Gasteiger partial charge in [-0.1, -0.05) is 0 Å². The first-order valence-electron chi connectivity index (χ1n) is 6.28. The number of amides is 2. The van der Waals surface area contributed by atoms with E-state index in [0.717, 1.165) is 0 Å². The molecule has 20 heavy (non-hydrogen) atoms. The van der Waals surface area contributed by atoms with Crippen LogP contribution in [0.1, 0.15) is 36.0 Å². The smallest absolute Gasteiger partial charge is 0.251 e. The van der Waals surface area contributed by atoms with Crippen molar-refractivity contribution in [1.29, 1.82) is 0 Å². The van der Waals surface area contributed by atoms with Crippen LogP contribution in [0.5, 0.6) is 0 Å². The topological polar surface area (TPSA) is 71.3 Å². The standard InChI is InChI=1S/C15H16N2O3/c1-10(14-4-3-9-20-14)16-15(19)12-5-7-13(8-6-12)17-11(2)18/h3-10H,1-2H3,(H,16,19)(H,17,18)/t10-/m0/s1. The zero-order chi connectivity index (χ0) is 14.5. The number of benzene rings is 1. The summed E-state index contributed by atoms with van der Waals surface area (Å²) < 4.78 is 5.23. The average Bonchev–Trinajstić information content (AvgIpc) is 2.92. The normalized spacial score (nSPS) is 11.7. The Morgan fingerprint density at radius 2 is 1.85 bits per heavy atom. The second-order valence-corrected chi connectivity index (χ2v) is 4.47. The molecule has 1 aromatic heterocycles. The van der Waals surface area contributed by atoms with E-state index in [4.69, 9.17) is 4.42 Å². The Hall–Kier alpha value is -2.56. The molecule has 0 aliphatic heterocycles. The molecule has 1 aromatic carbocycles. The van der Waals surface area contributed by atoms with Gasteiger partial charge < -0.3 is 15.1 Å². The lowest BCUT2D eigenvalue weighted by atomic mass is 10.1. The molecule has 1 atom stereocenters. The zero-order valence-electron chi connectivity index (χ0n) is 11.3. The van der Waals surface area contributed by atoms with Crippen LogP contribution in [0.4, 0.5) is 5.69 Å². The summed E-state index contributed by atoms with van der Waals surface area (Å²) in [6.07, 6.45) is 1.57. The molecule has 0 aliphatic rings. The van der Waals surface area contributed by atoms with Crippen LogP contribution < -0.4 is 10.6 Å². The van der Waals surface area contributed by atoms with Crippen molar-refractivity contribution in [3.63, 3.8) is 0 Å². The molecule has 2 N–H and O–H groups in total. The van der Waals surface area contributed by atoms with Gasteiger partial charge in [0.15, 0.2) is 0 Å². The predicted molar refractivity (Wildman–Crippen MR) is 75.3 cm³/mol. The summed E-state index contributed by atoms with van der Waals surface area (Å²) in [6, 6.07) is 10.1. The summed E-state index contributed by atoms with van der Waals surface area (Å²) in [5.74, 6) is 0.366. The molecule has 104 valence electrons. The van der Waals surface area contributed by atoms with E-state index in [1.807, 2.05) is 13.0 Å². The Morgan fingerprint density at radius 3 is 2.40 bits per heavy atom. The van der Waals surface area contributed by atoms with Crippen molar-refractivity contribution in [3.8, 4) is 0 Å². The Labute approximate surface area is 117 Å². The fourth-order valence-corrected chi connectivity index (χ4v) is 1.80. The SMILES string of the molecule is CC(=O)Nc1ccc(C(=O)N[C@@H](C)c2ccco2)cc1. The van der Waals surface area contributed by atoms with Crippen molar-refractivity contribution in [3.05, 3.63) is 54.0 Å². The van der Waals surface area contributed by atoms with Crippen molar-refractivity contribution in [1.82, 2.24) is 5.32 Å². The first-order valence-corrected chi connectivity index (χ1v) is 6.28. The van der Waals surface area contributed by atoms with Gasteiger partial charge in [0.1, 0.15) is 5.76 Å². The number of anilines is 1. The summed E-state index contributed by atoms with van der Waals surface area (Å²) in [5, 5.41) is 5.49. The van der Waals surface area contributed by atoms with Crippen LogP contribution in [-0.2, 0) is 4.79 Å². The Kier molecular flexibility index (Phi) is 4.20. The minimum absolute atomic E-state index is 0.145. The fraction of sp³-hybridized carbons (Fsp3) is 0.200. The van der Waals surface area contributed by atoms with E-state index < -0.39 is 0 Å². The molecule has 0 spiro atoms. The Balaban J connectivity index is 2.00. The zero-order valence-corrected chi connectivity index (χ0v) is 11.3. The van der Waals surface area contributed by atoms with Gasteiger partial charge in [-0.2, -0.15) is 0 Å². The van der Waals surface area contributed by atoms with Crippen LogP contribution in [0.3, 0.4) is 0 Å². The van der Waals surface area contributed by atoms with Crippen molar-refractivity contribution >= 4 is 17.5 Å². The summed E-state index contributed by atoms with van der Waals surface area (Å²) >= 11 is 0. The van der Waals surface area contributed by atoms with Crippen molar-refractivity contribution in [2.45, 2.75) is 19.9 Å². The molecule has 0 saturated carbocycles. The highest BCUT2D eigenvalue weighted by Crippen LogP contribution is 2.14. The number of hydrogen-bond acceptors (Lipinski definition) is 3. The maximum atomic E-state index is 12.0. The highest BCUT2D eigenvalue weighted by molar-refractivity contribution is 5.95. The highest BCUT2D eigenvalue weighted by atomic mass is 16.3. The summed E-state index contributed by atoms with van der Waals surface area (Å²) in [7, 11) is 0. The number of furan rings is 1. The largest absolute Gasteiger partial charge is 0.467 e. The Bertz CT molecular complexity index is 588. The van der Waals surface area contributed by atoms with Crippen molar-refractivity contribution in [2.75, 3.05) is 5.32 Å². The molecule has 0 saturated heterocycles. The summed E-state index contributed by atoms with van der Waals surface area (Å²) in [4.78, 5) is 23.0. The molecule has 0 fully saturated rings. The predicted octanol–water partition coefficient (Wildman–Crippen LogP) is 2.73. The Morgan fingerprint density at radius 1 is 1.15 bits per heavy atom. The maximum absolute atomic E-state index is 12.0. The minimum atomic E-state index is -0.201. The van der Waals surface area contributed by atoms with E-state index in [9.17, 15) is 9.59 Å². The third-order valence-electron chi connectivity index (χ3n) is 2.79. The van der Waals surface area contributed by atoms with Crippen LogP contribution in [0.15, 0.2) is 47.1 Å². The lowest BCUT2D eigenvalue weighted by molar-refractivity contribution is -0.114. The number of carbonyl (C=O) groups excluding carboxylic acids is 2. The lowest BCUT2D eigenvalue weighted by Gasteiger charge is -2.11. The summed E-state index contributed by atoms with van der Waals surface area (Å²) in [5.41, 5.74) is 1.19. The van der Waals surface area contributed by atoms with E-state index in [0.29, 0.717) is 17.0 Å². The molecule has 2 aromatic rings. The van der Waals surface area contributed by atoms with Crippen molar-refractivity contribution in [2.24, 2.45) is 0 Å². The number of rotatable bonds is 4. The molecule has 0 bridgehead atoms. The van der Waals surface area contributed by atoms with Crippen LogP contribution in [0.2, 0.25) is 0 Å². The van der Waals surface area contributed by atoms with E-state index >= 15 is 0 Å². The first kappa shape index (κ1) is 13.9. The molecule has 0 unspecified atom stereocenters. The fourth-order valence-electron chi connectivity index (χ4n) is 1.80. The molecule has 2 rings (SSSR count). The highest BCUT2D eigenvalue weighted by Gasteiger charge is 2.13. The van der Waals surface area contributed by atoms with E-state index in [1.54, 1.807) is 36.6 Å². The number of nitrogens with one attached hydrogen (secondary N) is 2. The van der Waals surface area contributed by atoms with Gasteiger partial charge in [0.2, 0.25) is 5.91 Å². The quantitative estimate of drug-likeness (QED) is 0.899. The van der Waals surface area contributed by atoms with Crippen LogP contribution in [-0.4, -0.2) is 11.8 Å². The van der Waals surface area contributed by atoms with Gasteiger partial charge in [-0.05, 0) is 43.3 Å². The second kappa shape index (κ2) is 6.06. The van der Waals surface area contributed by atoms with E-state index in [1.165, 1.54) is 6.92 Å². The molecular weight excluding hydrogens is 256 g/mol. The second-order valence-electron chi connectivity index (χ2n) is 4.47. The lowest BCUT2D eigenvalue weighted by Crippen LogP contribution is -2.26. The van der Waals surface area contributed by atoms with Gasteiger partial charge in [0, 0.05) is 18.2 Å². The van der Waals surface area contributed by atoms with Gasteiger partial charge >= 0.3 is 0 Å². The van der Waals surface area contributed by atoms with Gasteiger partial charge in [-0.25, -0.2) is 0 Å². The van der Waals surface area contributed by atoms with E-state index in [-0.39, 0.29) is 17.9 Å². The van der Waals surface area contributed by atoms with Gasteiger partial charge in [-0.15, -0.1) is 0 Å². The molecular formula is C15H16N2O3. The molecule has 0 aliphatic carbocycles. The van der Waals surface area contributed by atoms with E-state index in [2.05, 4.69) is 10.6 Å². The summed E-state index contributed by atoms with van der Waals surface area (Å²) in [6.45, 7) is 3.29. The monoisotopic (exact) mass is 272 g/mol. The molecule has 5 heteroatoms. The third kappa shape index (κ3) is 3.47.